The first-order chi connectivity index (χ1) is 13.5. The van der Waals surface area contributed by atoms with Gasteiger partial charge in [0.05, 0.1) is 11.5 Å². The van der Waals surface area contributed by atoms with Crippen LogP contribution >= 0.6 is 0 Å². The van der Waals surface area contributed by atoms with Gasteiger partial charge in [-0.15, -0.1) is 0 Å². The lowest BCUT2D eigenvalue weighted by Gasteiger charge is -2.30. The molecular weight excluding hydrogens is 352 g/mol. The lowest BCUT2D eigenvalue weighted by atomic mass is 9.73. The van der Waals surface area contributed by atoms with E-state index in [9.17, 15) is 14.4 Å². The molecule has 150 valence electrons. The number of likely N-dealkylation sites (tertiary alicyclic amines) is 1. The average molecular weight is 383 g/mol. The lowest BCUT2D eigenvalue weighted by molar-refractivity contribution is -0.145. The van der Waals surface area contributed by atoms with Crippen molar-refractivity contribution < 1.29 is 14.4 Å². The van der Waals surface area contributed by atoms with E-state index >= 15 is 0 Å². The molecule has 1 N–H and O–H groups in total. The first-order valence-corrected chi connectivity index (χ1v) is 10.7. The van der Waals surface area contributed by atoms with Crippen molar-refractivity contribution in [2.24, 2.45) is 5.41 Å². The van der Waals surface area contributed by atoms with E-state index in [1.807, 2.05) is 6.92 Å². The molecule has 0 aromatic heterocycles. The minimum Gasteiger partial charge on any atom is -0.348 e. The summed E-state index contributed by atoms with van der Waals surface area (Å²) in [6, 6.07) is 6.31. The monoisotopic (exact) mass is 382 g/mol. The fourth-order valence-corrected chi connectivity index (χ4v) is 5.18. The maximum atomic E-state index is 12.9. The quantitative estimate of drug-likeness (QED) is 0.811. The predicted molar refractivity (Wildman–Crippen MR) is 106 cm³/mol. The number of amides is 3. The van der Waals surface area contributed by atoms with E-state index in [0.29, 0.717) is 0 Å². The molecule has 1 unspecified atom stereocenters. The topological polar surface area (TPSA) is 66.5 Å². The number of aryl methyl sites for hydroxylation is 2. The SMILES string of the molecule is CC(NC(=O)CN1C(=O)CC2(CCCCC2)C1=O)c1ccc2c(c1)CCCC2. The van der Waals surface area contributed by atoms with Crippen molar-refractivity contribution in [1.82, 2.24) is 10.2 Å². The Morgan fingerprint density at radius 2 is 1.79 bits per heavy atom. The summed E-state index contributed by atoms with van der Waals surface area (Å²) in [5.74, 6) is -0.586. The minimum absolute atomic E-state index is 0.131. The summed E-state index contributed by atoms with van der Waals surface area (Å²) in [5, 5.41) is 2.98. The van der Waals surface area contributed by atoms with Gasteiger partial charge in [-0.3, -0.25) is 19.3 Å². The number of imide groups is 1. The molecule has 1 atom stereocenters. The van der Waals surface area contributed by atoms with E-state index < -0.39 is 5.41 Å². The van der Waals surface area contributed by atoms with Gasteiger partial charge in [-0.25, -0.2) is 0 Å². The number of hydrogen-bond acceptors (Lipinski definition) is 3. The molecule has 1 aromatic rings. The van der Waals surface area contributed by atoms with Crippen LogP contribution in [0.3, 0.4) is 0 Å². The molecule has 2 fully saturated rings. The molecule has 1 heterocycles. The number of rotatable bonds is 4. The highest BCUT2D eigenvalue weighted by Crippen LogP contribution is 2.45. The van der Waals surface area contributed by atoms with Crippen LogP contribution in [-0.2, 0) is 27.2 Å². The number of carbonyl (C=O) groups is 3. The molecule has 28 heavy (non-hydrogen) atoms. The van der Waals surface area contributed by atoms with Gasteiger partial charge in [-0.2, -0.15) is 0 Å². The van der Waals surface area contributed by atoms with Gasteiger partial charge in [-0.05, 0) is 62.1 Å². The van der Waals surface area contributed by atoms with Crippen LogP contribution in [-0.4, -0.2) is 29.2 Å². The largest absolute Gasteiger partial charge is 0.348 e. The maximum absolute atomic E-state index is 12.9. The van der Waals surface area contributed by atoms with Crippen LogP contribution < -0.4 is 5.32 Å². The van der Waals surface area contributed by atoms with Crippen molar-refractivity contribution in [3.63, 3.8) is 0 Å². The van der Waals surface area contributed by atoms with Crippen LogP contribution in [0.4, 0.5) is 0 Å². The van der Waals surface area contributed by atoms with Gasteiger partial charge in [0.15, 0.2) is 0 Å². The van der Waals surface area contributed by atoms with Gasteiger partial charge >= 0.3 is 0 Å². The van der Waals surface area contributed by atoms with Gasteiger partial charge in [0.1, 0.15) is 6.54 Å². The van der Waals surface area contributed by atoms with E-state index in [1.165, 1.54) is 28.9 Å². The number of carbonyl (C=O) groups excluding carboxylic acids is 3. The van der Waals surface area contributed by atoms with Crippen LogP contribution in [0.1, 0.15) is 81.0 Å². The Balaban J connectivity index is 1.39. The zero-order valence-electron chi connectivity index (χ0n) is 16.8. The first kappa shape index (κ1) is 19.2. The molecular formula is C23H30N2O3. The van der Waals surface area contributed by atoms with E-state index in [0.717, 1.165) is 50.5 Å². The van der Waals surface area contributed by atoms with E-state index in [-0.39, 0.29) is 36.7 Å². The molecule has 1 saturated carbocycles. The van der Waals surface area contributed by atoms with Gasteiger partial charge in [0.2, 0.25) is 17.7 Å². The number of fused-ring (bicyclic) bond motifs is 1. The Labute approximate surface area is 166 Å². The third-order valence-corrected chi connectivity index (χ3v) is 6.85. The molecule has 2 aliphatic carbocycles. The molecule has 5 heteroatoms. The normalized spacial score (nSPS) is 22.2. The van der Waals surface area contributed by atoms with E-state index in [4.69, 9.17) is 0 Å². The van der Waals surface area contributed by atoms with Gasteiger partial charge in [-0.1, -0.05) is 37.5 Å². The fraction of sp³-hybridized carbons (Fsp3) is 0.609. The first-order valence-electron chi connectivity index (χ1n) is 10.7. The summed E-state index contributed by atoms with van der Waals surface area (Å²) in [4.78, 5) is 39.1. The van der Waals surface area contributed by atoms with Crippen molar-refractivity contribution in [1.29, 1.82) is 0 Å². The molecule has 4 rings (SSSR count). The molecule has 0 bridgehead atoms. The van der Waals surface area contributed by atoms with Crippen molar-refractivity contribution in [2.75, 3.05) is 6.54 Å². The molecule has 1 spiro atoms. The van der Waals surface area contributed by atoms with E-state index in [2.05, 4.69) is 23.5 Å². The second-order valence-corrected chi connectivity index (χ2v) is 8.83. The summed E-state index contributed by atoms with van der Waals surface area (Å²) >= 11 is 0. The third kappa shape index (κ3) is 3.59. The molecule has 3 amide bonds. The average Bonchev–Trinajstić information content (AvgIpc) is 2.92. The molecule has 1 aliphatic heterocycles. The van der Waals surface area contributed by atoms with Crippen molar-refractivity contribution >= 4 is 17.7 Å². The third-order valence-electron chi connectivity index (χ3n) is 6.85. The highest BCUT2D eigenvalue weighted by Gasteiger charge is 2.51. The Kier molecular flexibility index (Phi) is 5.26. The molecule has 1 aromatic carbocycles. The second-order valence-electron chi connectivity index (χ2n) is 8.83. The van der Waals surface area contributed by atoms with Crippen LogP contribution in [0.5, 0.6) is 0 Å². The van der Waals surface area contributed by atoms with Crippen LogP contribution in [0.25, 0.3) is 0 Å². The Morgan fingerprint density at radius 3 is 2.54 bits per heavy atom. The molecule has 1 saturated heterocycles. The Hall–Kier alpha value is -2.17. The predicted octanol–water partition coefficient (Wildman–Crippen LogP) is 3.45. The fourth-order valence-electron chi connectivity index (χ4n) is 5.18. The zero-order chi connectivity index (χ0) is 19.7. The zero-order valence-corrected chi connectivity index (χ0v) is 16.8. The smallest absolute Gasteiger partial charge is 0.240 e. The van der Waals surface area contributed by atoms with Crippen molar-refractivity contribution in [2.45, 2.75) is 77.2 Å². The second kappa shape index (κ2) is 7.69. The number of nitrogens with zero attached hydrogens (tertiary/aromatic N) is 1. The van der Waals surface area contributed by atoms with Crippen molar-refractivity contribution in [3.8, 4) is 0 Å². The lowest BCUT2D eigenvalue weighted by Crippen LogP contribution is -2.43. The van der Waals surface area contributed by atoms with Crippen LogP contribution in [0, 0.1) is 5.41 Å². The number of benzene rings is 1. The Morgan fingerprint density at radius 1 is 1.07 bits per heavy atom. The van der Waals surface area contributed by atoms with Gasteiger partial charge in [0.25, 0.3) is 0 Å². The van der Waals surface area contributed by atoms with Crippen molar-refractivity contribution in [3.05, 3.63) is 34.9 Å². The summed E-state index contributed by atoms with van der Waals surface area (Å²) in [7, 11) is 0. The standard InChI is InChI=1S/C23H30N2O3/c1-16(18-10-9-17-7-3-4-8-19(17)13-18)24-20(26)15-25-21(27)14-23(22(25)28)11-5-2-6-12-23/h9-10,13,16H,2-8,11-12,14-15H2,1H3,(H,24,26). The summed E-state index contributed by atoms with van der Waals surface area (Å²) < 4.78 is 0. The van der Waals surface area contributed by atoms with Gasteiger partial charge < -0.3 is 5.32 Å². The number of hydrogen-bond donors (Lipinski definition) is 1. The molecule has 0 radical (unpaired) electrons. The molecule has 3 aliphatic rings. The minimum atomic E-state index is -0.528. The van der Waals surface area contributed by atoms with E-state index in [1.54, 1.807) is 0 Å². The van der Waals surface area contributed by atoms with Crippen LogP contribution in [0.15, 0.2) is 18.2 Å². The highest BCUT2D eigenvalue weighted by molar-refractivity contribution is 6.08. The van der Waals surface area contributed by atoms with Gasteiger partial charge in [0, 0.05) is 6.42 Å². The number of nitrogens with one attached hydrogen (secondary N) is 1. The summed E-state index contributed by atoms with van der Waals surface area (Å²) in [6.07, 6.45) is 9.66. The molecule has 5 nitrogen and oxygen atoms in total. The Bertz CT molecular complexity index is 795. The van der Waals surface area contributed by atoms with Crippen LogP contribution in [0.2, 0.25) is 0 Å². The maximum Gasteiger partial charge on any atom is 0.240 e. The highest BCUT2D eigenvalue weighted by atomic mass is 16.2. The summed E-state index contributed by atoms with van der Waals surface area (Å²) in [5.41, 5.74) is 3.35. The summed E-state index contributed by atoms with van der Waals surface area (Å²) in [6.45, 7) is 1.80.